The number of benzene rings is 1. The molecule has 0 atom stereocenters. The van der Waals surface area contributed by atoms with Crippen LogP contribution in [-0.2, 0) is 4.79 Å². The first-order chi connectivity index (χ1) is 19.5. The zero-order valence-corrected chi connectivity index (χ0v) is 26.0. The molecule has 0 saturated carbocycles. The number of rotatable bonds is 12. The fourth-order valence-electron chi connectivity index (χ4n) is 4.15. The van der Waals surface area contributed by atoms with Crippen molar-refractivity contribution in [1.29, 1.82) is 0 Å². The van der Waals surface area contributed by atoms with E-state index in [4.69, 9.17) is 0 Å². The number of hydrogen-bond donors (Lipinski definition) is 1. The Labute approximate surface area is 246 Å². The van der Waals surface area contributed by atoms with Gasteiger partial charge in [0.2, 0.25) is 0 Å². The lowest BCUT2D eigenvalue weighted by atomic mass is 9.95. The zero-order chi connectivity index (χ0) is 31.3. The molecule has 1 fully saturated rings. The molecule has 1 heterocycles. The van der Waals surface area contributed by atoms with Gasteiger partial charge in [-0.15, -0.1) is 13.2 Å². The van der Waals surface area contributed by atoms with Gasteiger partial charge in [-0.3, -0.25) is 4.79 Å². The van der Waals surface area contributed by atoms with Gasteiger partial charge in [0.1, 0.15) is 5.75 Å². The molecule has 2 rings (SSSR count). The van der Waals surface area contributed by atoms with Crippen LogP contribution < -0.4 is 10.1 Å². The van der Waals surface area contributed by atoms with E-state index in [1.54, 1.807) is 12.1 Å². The lowest BCUT2D eigenvalue weighted by Crippen LogP contribution is -2.30. The molecule has 0 spiro atoms. The lowest BCUT2D eigenvalue weighted by molar-refractivity contribution is -0.274. The minimum Gasteiger partial charge on any atom is -0.406 e. The molecule has 230 valence electrons. The summed E-state index contributed by atoms with van der Waals surface area (Å²) in [5, 5.41) is 3.29. The fraction of sp³-hybridized carbons (Fsp3) is 0.500. The van der Waals surface area contributed by atoms with Gasteiger partial charge in [0, 0.05) is 42.2 Å². The molecule has 41 heavy (non-hydrogen) atoms. The Kier molecular flexibility index (Phi) is 19.8. The molecule has 0 radical (unpaired) electrons. The molecule has 0 amide bonds. The number of halogens is 3. The Hall–Kier alpha value is -3.22. The van der Waals surface area contributed by atoms with Gasteiger partial charge in [-0.2, -0.15) is 0 Å². The van der Waals surface area contributed by atoms with Crippen LogP contribution in [-0.4, -0.2) is 30.1 Å². The second kappa shape index (κ2) is 21.5. The third-order valence-corrected chi connectivity index (χ3v) is 5.84. The number of nitrogens with one attached hydrogen (secondary N) is 1. The lowest BCUT2D eigenvalue weighted by Gasteiger charge is -2.33. The van der Waals surface area contributed by atoms with Crippen LogP contribution in [0.5, 0.6) is 5.75 Å². The Bertz CT molecular complexity index is 1000. The van der Waals surface area contributed by atoms with Crippen LogP contribution in [0.2, 0.25) is 0 Å². The first kappa shape index (κ1) is 37.8. The summed E-state index contributed by atoms with van der Waals surface area (Å²) in [7, 11) is 0. The van der Waals surface area contributed by atoms with Crippen LogP contribution >= 0.6 is 0 Å². The minimum absolute atomic E-state index is 0.141. The van der Waals surface area contributed by atoms with Gasteiger partial charge in [-0.25, -0.2) is 0 Å². The molecule has 1 saturated heterocycles. The number of piperidine rings is 1. The average Bonchev–Trinajstić information content (AvgIpc) is 2.94. The third kappa shape index (κ3) is 16.0. The summed E-state index contributed by atoms with van der Waals surface area (Å²) in [5.41, 5.74) is 4.78. The molecule has 1 aromatic rings. The molecule has 1 aliphatic heterocycles. The summed E-state index contributed by atoms with van der Waals surface area (Å²) in [4.78, 5) is 12.7. The summed E-state index contributed by atoms with van der Waals surface area (Å²) >= 11 is 0. The largest absolute Gasteiger partial charge is 0.573 e. The number of anilines is 1. The van der Waals surface area contributed by atoms with Gasteiger partial charge < -0.3 is 15.0 Å². The summed E-state index contributed by atoms with van der Waals surface area (Å²) in [5.74, 6) is -0.107. The maximum atomic E-state index is 12.4. The highest BCUT2D eigenvalue weighted by Gasteiger charge is 2.31. The molecule has 0 bridgehead atoms. The first-order valence-corrected chi connectivity index (χ1v) is 14.8. The highest BCUT2D eigenvalue weighted by Crippen LogP contribution is 2.31. The first-order valence-electron chi connectivity index (χ1n) is 14.8. The van der Waals surface area contributed by atoms with E-state index in [-0.39, 0.29) is 11.5 Å². The van der Waals surface area contributed by atoms with Crippen LogP contribution in [0.3, 0.4) is 0 Å². The Morgan fingerprint density at radius 3 is 2.05 bits per heavy atom. The van der Waals surface area contributed by atoms with Crippen LogP contribution in [0, 0.1) is 0 Å². The topological polar surface area (TPSA) is 41.6 Å². The molecule has 0 aromatic heterocycles. The monoisotopic (exact) mass is 576 g/mol. The molecule has 7 heteroatoms. The van der Waals surface area contributed by atoms with Crippen molar-refractivity contribution in [1.82, 2.24) is 4.90 Å². The highest BCUT2D eigenvalue weighted by molar-refractivity contribution is 5.88. The Balaban J connectivity index is 0.00000137. The number of allylic oxidation sites excluding steroid dienone is 5. The number of ether oxygens (including phenoxy) is 1. The predicted molar refractivity (Wildman–Crippen MR) is 168 cm³/mol. The molecular weight excluding hydrogens is 525 g/mol. The van der Waals surface area contributed by atoms with Crippen LogP contribution in [0.1, 0.15) is 92.9 Å². The van der Waals surface area contributed by atoms with Crippen molar-refractivity contribution in [3.63, 3.8) is 0 Å². The van der Waals surface area contributed by atoms with Gasteiger partial charge >= 0.3 is 6.36 Å². The normalized spacial score (nSPS) is 14.2. The van der Waals surface area contributed by atoms with Gasteiger partial charge in [0.25, 0.3) is 0 Å². The van der Waals surface area contributed by atoms with Gasteiger partial charge in [-0.05, 0) is 87.4 Å². The van der Waals surface area contributed by atoms with Crippen LogP contribution in [0.4, 0.5) is 18.9 Å². The van der Waals surface area contributed by atoms with Crippen molar-refractivity contribution in [2.45, 2.75) is 99.3 Å². The molecule has 0 unspecified atom stereocenters. The van der Waals surface area contributed by atoms with Crippen molar-refractivity contribution in [2.75, 3.05) is 18.4 Å². The van der Waals surface area contributed by atoms with Gasteiger partial charge in [0.15, 0.2) is 5.78 Å². The van der Waals surface area contributed by atoms with E-state index in [0.29, 0.717) is 12.1 Å². The van der Waals surface area contributed by atoms with E-state index in [1.807, 2.05) is 19.9 Å². The predicted octanol–water partition coefficient (Wildman–Crippen LogP) is 10.5. The highest BCUT2D eigenvalue weighted by atomic mass is 19.4. The van der Waals surface area contributed by atoms with Crippen molar-refractivity contribution in [3.05, 3.63) is 84.3 Å². The quantitative estimate of drug-likeness (QED) is 0.198. The van der Waals surface area contributed by atoms with E-state index in [1.165, 1.54) is 36.6 Å². The number of nitrogens with zero attached hydrogens (tertiary/aromatic N) is 1. The number of likely N-dealkylation sites (tertiary alicyclic amines) is 1. The number of ketones is 1. The minimum atomic E-state index is -4.70. The summed E-state index contributed by atoms with van der Waals surface area (Å²) in [6, 6.07) is 5.73. The molecule has 1 N–H and O–H groups in total. The molecule has 1 aromatic carbocycles. The second-order valence-corrected chi connectivity index (χ2v) is 9.60. The SMILES string of the molecule is C=C(Nc1ccc(OC(F)(F)F)cc1)C(/C(=C/CC)CC)=C(\C=C/C)N1CCCCC1.C=CC(=O)CCC.CCC. The van der Waals surface area contributed by atoms with Gasteiger partial charge in [0.05, 0.1) is 0 Å². The smallest absolute Gasteiger partial charge is 0.406 e. The van der Waals surface area contributed by atoms with E-state index in [0.717, 1.165) is 62.2 Å². The summed E-state index contributed by atoms with van der Waals surface area (Å²) in [6.45, 7) is 22.1. The molecule has 1 aliphatic rings. The average molecular weight is 577 g/mol. The second-order valence-electron chi connectivity index (χ2n) is 9.60. The van der Waals surface area contributed by atoms with Crippen molar-refractivity contribution < 1.29 is 22.7 Å². The summed E-state index contributed by atoms with van der Waals surface area (Å²) < 4.78 is 41.2. The zero-order valence-electron chi connectivity index (χ0n) is 26.0. The maximum absolute atomic E-state index is 12.4. The number of carbonyl (C=O) groups excluding carboxylic acids is 1. The number of hydrogen-bond acceptors (Lipinski definition) is 4. The summed E-state index contributed by atoms with van der Waals surface area (Å²) in [6.07, 6.45) is 11.2. The Morgan fingerprint density at radius 1 is 1.05 bits per heavy atom. The molecular formula is C34H51F3N2O2. The molecule has 0 aliphatic carbocycles. The van der Waals surface area contributed by atoms with Crippen molar-refractivity contribution >= 4 is 11.5 Å². The van der Waals surface area contributed by atoms with Crippen molar-refractivity contribution in [3.8, 4) is 5.75 Å². The van der Waals surface area contributed by atoms with E-state index in [2.05, 4.69) is 68.0 Å². The maximum Gasteiger partial charge on any atom is 0.573 e. The Morgan fingerprint density at radius 2 is 1.63 bits per heavy atom. The standard InChI is InChI=1S/C25H33F3N2O.C6H10O.C3H8/c1-5-11-20(7-3)24(23(12-6-2)30-17-9-8-10-18-30)19(4)29-21-13-15-22(16-14-21)31-25(26,27)28;1-3-5-6(7)4-2;1-3-2/h6,11-16,29H,4-5,7-10,17-18H2,1-3H3;4H,2-3,5H2,1H3;3H2,1-2H3/b12-6-,20-11+,24-23-;;. The van der Waals surface area contributed by atoms with Crippen LogP contribution in [0.25, 0.3) is 0 Å². The number of carbonyl (C=O) groups is 1. The van der Waals surface area contributed by atoms with Crippen LogP contribution in [0.15, 0.2) is 84.3 Å². The van der Waals surface area contributed by atoms with Crippen molar-refractivity contribution in [2.24, 2.45) is 0 Å². The van der Waals surface area contributed by atoms with E-state index < -0.39 is 6.36 Å². The third-order valence-electron chi connectivity index (χ3n) is 5.84. The van der Waals surface area contributed by atoms with E-state index >= 15 is 0 Å². The fourth-order valence-corrected chi connectivity index (χ4v) is 4.15. The van der Waals surface area contributed by atoms with Gasteiger partial charge in [-0.1, -0.05) is 66.3 Å². The molecule has 4 nitrogen and oxygen atoms in total. The number of alkyl halides is 3. The van der Waals surface area contributed by atoms with E-state index in [9.17, 15) is 18.0 Å².